The van der Waals surface area contributed by atoms with Crippen molar-refractivity contribution < 1.29 is 4.79 Å². The van der Waals surface area contributed by atoms with Crippen LogP contribution in [0.15, 0.2) is 24.3 Å². The van der Waals surface area contributed by atoms with Gasteiger partial charge in [0, 0.05) is 13.1 Å². The summed E-state index contributed by atoms with van der Waals surface area (Å²) in [5.74, 6) is 0.300. The molecule has 0 spiro atoms. The molecule has 0 aliphatic rings. The predicted octanol–water partition coefficient (Wildman–Crippen LogP) is 2.78. The van der Waals surface area contributed by atoms with Crippen LogP contribution < -0.4 is 10.6 Å². The fraction of sp³-hybridized carbons (Fsp3) is 0.353. The van der Waals surface area contributed by atoms with E-state index >= 15 is 0 Å². The molecular formula is C17H22ClN5O. The predicted molar refractivity (Wildman–Crippen MR) is 97.1 cm³/mol. The summed E-state index contributed by atoms with van der Waals surface area (Å²) in [4.78, 5) is 14.0. The van der Waals surface area contributed by atoms with Crippen LogP contribution >= 0.6 is 11.6 Å². The maximum absolute atomic E-state index is 12.0. The second kappa shape index (κ2) is 8.08. The fourth-order valence-electron chi connectivity index (χ4n) is 2.21. The molecule has 2 N–H and O–H groups in total. The van der Waals surface area contributed by atoms with E-state index in [1.807, 2.05) is 45.0 Å². The van der Waals surface area contributed by atoms with Crippen molar-refractivity contribution in [1.82, 2.24) is 20.4 Å². The molecular weight excluding hydrogens is 326 g/mol. The molecule has 0 atom stereocenters. The number of likely N-dealkylation sites (N-methyl/N-ethyl adjacent to an activating group) is 1. The summed E-state index contributed by atoms with van der Waals surface area (Å²) in [5.41, 5.74) is 3.19. The van der Waals surface area contributed by atoms with Crippen molar-refractivity contribution in [2.24, 2.45) is 0 Å². The zero-order chi connectivity index (χ0) is 17.7. The van der Waals surface area contributed by atoms with Crippen LogP contribution in [-0.2, 0) is 0 Å². The first-order valence-corrected chi connectivity index (χ1v) is 8.05. The van der Waals surface area contributed by atoms with E-state index in [2.05, 4.69) is 20.8 Å². The summed E-state index contributed by atoms with van der Waals surface area (Å²) in [6.45, 7) is 5.29. The van der Waals surface area contributed by atoms with E-state index in [0.717, 1.165) is 23.4 Å². The maximum atomic E-state index is 12.0. The van der Waals surface area contributed by atoms with Crippen molar-refractivity contribution in [1.29, 1.82) is 0 Å². The SMILES string of the molecule is Cc1cc(C)c(Nc2ccc(C(=O)NCCN(C)C)nn2)c(Cl)c1. The van der Waals surface area contributed by atoms with E-state index in [-0.39, 0.29) is 11.6 Å². The molecule has 0 fully saturated rings. The number of rotatable bonds is 6. The average molecular weight is 348 g/mol. The van der Waals surface area contributed by atoms with Gasteiger partial charge in [0.05, 0.1) is 10.7 Å². The van der Waals surface area contributed by atoms with Gasteiger partial charge in [-0.05, 0) is 57.3 Å². The first kappa shape index (κ1) is 18.2. The molecule has 24 heavy (non-hydrogen) atoms. The molecule has 0 unspecified atom stereocenters. The highest BCUT2D eigenvalue weighted by Gasteiger charge is 2.10. The van der Waals surface area contributed by atoms with Gasteiger partial charge in [0.15, 0.2) is 11.5 Å². The summed E-state index contributed by atoms with van der Waals surface area (Å²) in [6, 6.07) is 7.27. The van der Waals surface area contributed by atoms with Crippen LogP contribution in [0, 0.1) is 13.8 Å². The first-order valence-electron chi connectivity index (χ1n) is 7.67. The number of hydrogen-bond donors (Lipinski definition) is 2. The van der Waals surface area contributed by atoms with Gasteiger partial charge in [0.25, 0.3) is 5.91 Å². The topological polar surface area (TPSA) is 70.2 Å². The van der Waals surface area contributed by atoms with Gasteiger partial charge in [-0.2, -0.15) is 0 Å². The smallest absolute Gasteiger partial charge is 0.271 e. The Kier molecular flexibility index (Phi) is 6.11. The molecule has 0 saturated carbocycles. The maximum Gasteiger partial charge on any atom is 0.271 e. The van der Waals surface area contributed by atoms with Crippen LogP contribution in [0.4, 0.5) is 11.5 Å². The number of aryl methyl sites for hydroxylation is 2. The van der Waals surface area contributed by atoms with Crippen molar-refractivity contribution >= 4 is 29.0 Å². The summed E-state index contributed by atoms with van der Waals surface area (Å²) < 4.78 is 0. The van der Waals surface area contributed by atoms with E-state index in [9.17, 15) is 4.79 Å². The van der Waals surface area contributed by atoms with Gasteiger partial charge in [0.2, 0.25) is 0 Å². The lowest BCUT2D eigenvalue weighted by atomic mass is 10.1. The number of carbonyl (C=O) groups is 1. The number of aromatic nitrogens is 2. The molecule has 2 aromatic rings. The molecule has 0 radical (unpaired) electrons. The van der Waals surface area contributed by atoms with Crippen LogP contribution in [0.1, 0.15) is 21.6 Å². The Morgan fingerprint density at radius 3 is 2.54 bits per heavy atom. The molecule has 0 saturated heterocycles. The van der Waals surface area contributed by atoms with Gasteiger partial charge in [-0.3, -0.25) is 4.79 Å². The molecule has 128 valence electrons. The zero-order valence-electron chi connectivity index (χ0n) is 14.4. The Morgan fingerprint density at radius 1 is 1.21 bits per heavy atom. The lowest BCUT2D eigenvalue weighted by Crippen LogP contribution is -2.31. The third-order valence-corrected chi connectivity index (χ3v) is 3.72. The van der Waals surface area contributed by atoms with E-state index in [1.165, 1.54) is 0 Å². The molecule has 0 bridgehead atoms. The molecule has 6 nitrogen and oxygen atoms in total. The molecule has 1 aromatic heterocycles. The van der Waals surface area contributed by atoms with Gasteiger partial charge in [-0.1, -0.05) is 17.7 Å². The fourth-order valence-corrected chi connectivity index (χ4v) is 2.57. The third-order valence-electron chi connectivity index (χ3n) is 3.43. The standard InChI is InChI=1S/C17H22ClN5O/c1-11-9-12(2)16(13(18)10-11)20-15-6-5-14(21-22-15)17(24)19-7-8-23(3)4/h5-6,9-10H,7-8H2,1-4H3,(H,19,24)(H,20,22). The van der Waals surface area contributed by atoms with Crippen LogP contribution in [0.25, 0.3) is 0 Å². The molecule has 1 amide bonds. The highest BCUT2D eigenvalue weighted by molar-refractivity contribution is 6.33. The number of hydrogen-bond acceptors (Lipinski definition) is 5. The molecule has 1 heterocycles. The lowest BCUT2D eigenvalue weighted by molar-refractivity contribution is 0.0945. The largest absolute Gasteiger partial charge is 0.349 e. The van der Waals surface area contributed by atoms with E-state index in [1.54, 1.807) is 12.1 Å². The van der Waals surface area contributed by atoms with Gasteiger partial charge >= 0.3 is 0 Å². The number of halogens is 1. The summed E-state index contributed by atoms with van der Waals surface area (Å²) in [7, 11) is 3.90. The second-order valence-electron chi connectivity index (χ2n) is 5.93. The number of anilines is 2. The van der Waals surface area contributed by atoms with Crippen LogP contribution in [0.2, 0.25) is 5.02 Å². The Hall–Kier alpha value is -2.18. The van der Waals surface area contributed by atoms with Crippen molar-refractivity contribution in [2.45, 2.75) is 13.8 Å². The molecule has 1 aromatic carbocycles. The highest BCUT2D eigenvalue weighted by atomic mass is 35.5. The van der Waals surface area contributed by atoms with Crippen molar-refractivity contribution in [2.75, 3.05) is 32.5 Å². The summed E-state index contributed by atoms with van der Waals surface area (Å²) >= 11 is 6.27. The van der Waals surface area contributed by atoms with Crippen molar-refractivity contribution in [3.05, 3.63) is 46.1 Å². The van der Waals surface area contributed by atoms with Crippen molar-refractivity contribution in [3.8, 4) is 0 Å². The van der Waals surface area contributed by atoms with Gasteiger partial charge in [0.1, 0.15) is 0 Å². The van der Waals surface area contributed by atoms with Crippen LogP contribution in [0.5, 0.6) is 0 Å². The minimum atomic E-state index is -0.236. The first-order chi connectivity index (χ1) is 11.4. The number of nitrogens with zero attached hydrogens (tertiary/aromatic N) is 3. The highest BCUT2D eigenvalue weighted by Crippen LogP contribution is 2.29. The third kappa shape index (κ3) is 4.91. The molecule has 7 heteroatoms. The monoisotopic (exact) mass is 347 g/mol. The Balaban J connectivity index is 2.03. The van der Waals surface area contributed by atoms with Gasteiger partial charge in [-0.25, -0.2) is 0 Å². The Labute approximate surface area is 147 Å². The Bertz CT molecular complexity index is 692. The van der Waals surface area contributed by atoms with Crippen LogP contribution in [-0.4, -0.2) is 48.2 Å². The summed E-state index contributed by atoms with van der Waals surface area (Å²) in [5, 5.41) is 14.6. The van der Waals surface area contributed by atoms with Crippen molar-refractivity contribution in [3.63, 3.8) is 0 Å². The normalized spacial score (nSPS) is 10.8. The van der Waals surface area contributed by atoms with Gasteiger partial charge < -0.3 is 15.5 Å². The number of carbonyl (C=O) groups excluding carboxylic acids is 1. The quantitative estimate of drug-likeness (QED) is 0.840. The number of amides is 1. The van der Waals surface area contributed by atoms with Crippen LogP contribution in [0.3, 0.4) is 0 Å². The molecule has 0 aliphatic heterocycles. The summed E-state index contributed by atoms with van der Waals surface area (Å²) in [6.07, 6.45) is 0. The zero-order valence-corrected chi connectivity index (χ0v) is 15.1. The molecule has 2 rings (SSSR count). The second-order valence-corrected chi connectivity index (χ2v) is 6.33. The van der Waals surface area contributed by atoms with Gasteiger partial charge in [-0.15, -0.1) is 10.2 Å². The van der Waals surface area contributed by atoms with E-state index in [4.69, 9.17) is 11.6 Å². The molecule has 0 aliphatic carbocycles. The average Bonchev–Trinajstić information content (AvgIpc) is 2.51. The Morgan fingerprint density at radius 2 is 1.96 bits per heavy atom. The van der Waals surface area contributed by atoms with E-state index in [0.29, 0.717) is 17.4 Å². The van der Waals surface area contributed by atoms with E-state index < -0.39 is 0 Å². The number of nitrogens with one attached hydrogen (secondary N) is 2. The number of benzene rings is 1. The lowest BCUT2D eigenvalue weighted by Gasteiger charge is -2.12. The minimum absolute atomic E-state index is 0.236. The minimum Gasteiger partial charge on any atom is -0.349 e.